The van der Waals surface area contributed by atoms with E-state index in [9.17, 15) is 0 Å². The van der Waals surface area contributed by atoms with Crippen molar-refractivity contribution in [3.63, 3.8) is 0 Å². The maximum atomic E-state index is 6.36. The van der Waals surface area contributed by atoms with Gasteiger partial charge in [0, 0.05) is 11.1 Å². The summed E-state index contributed by atoms with van der Waals surface area (Å²) >= 11 is 6.36. The summed E-state index contributed by atoms with van der Waals surface area (Å²) < 4.78 is 0. The lowest BCUT2D eigenvalue weighted by molar-refractivity contribution is 0.496. The van der Waals surface area contributed by atoms with Crippen molar-refractivity contribution in [1.29, 1.82) is 0 Å². The van der Waals surface area contributed by atoms with Crippen molar-refractivity contribution in [2.45, 2.75) is 39.7 Å². The Kier molecular flexibility index (Phi) is 3.56. The van der Waals surface area contributed by atoms with Gasteiger partial charge in [-0.2, -0.15) is 0 Å². The van der Waals surface area contributed by atoms with Crippen LogP contribution in [0.15, 0.2) is 12.1 Å². The van der Waals surface area contributed by atoms with Crippen molar-refractivity contribution < 1.29 is 0 Å². The minimum absolute atomic E-state index is 0.455. The van der Waals surface area contributed by atoms with Gasteiger partial charge in [-0.05, 0) is 61.9 Å². The summed E-state index contributed by atoms with van der Waals surface area (Å²) in [6, 6.07) is 4.80. The van der Waals surface area contributed by atoms with Gasteiger partial charge in [-0.3, -0.25) is 0 Å². The van der Waals surface area contributed by atoms with Crippen LogP contribution in [0.3, 0.4) is 0 Å². The molecule has 0 aliphatic heterocycles. The zero-order valence-electron chi connectivity index (χ0n) is 10.3. The van der Waals surface area contributed by atoms with Gasteiger partial charge in [0.2, 0.25) is 0 Å². The first-order valence-corrected chi connectivity index (χ1v) is 6.51. The summed E-state index contributed by atoms with van der Waals surface area (Å²) in [4.78, 5) is 0. The molecule has 1 aromatic rings. The Morgan fingerprint density at radius 3 is 2.50 bits per heavy atom. The molecule has 2 heteroatoms. The van der Waals surface area contributed by atoms with Gasteiger partial charge < -0.3 is 5.32 Å². The second-order valence-electron chi connectivity index (χ2n) is 4.83. The first kappa shape index (κ1) is 11.9. The second kappa shape index (κ2) is 4.77. The van der Waals surface area contributed by atoms with E-state index in [0.717, 1.165) is 17.5 Å². The fourth-order valence-electron chi connectivity index (χ4n) is 2.22. The molecule has 0 bridgehead atoms. The van der Waals surface area contributed by atoms with Crippen LogP contribution in [-0.4, -0.2) is 6.54 Å². The van der Waals surface area contributed by atoms with E-state index in [2.05, 4.69) is 38.2 Å². The van der Waals surface area contributed by atoms with Crippen LogP contribution in [-0.2, 0) is 0 Å². The highest BCUT2D eigenvalue weighted by Gasteiger charge is 2.32. The minimum atomic E-state index is 0.455. The normalized spacial score (nSPS) is 17.5. The lowest BCUT2D eigenvalue weighted by Gasteiger charge is -2.20. The molecule has 0 heterocycles. The zero-order chi connectivity index (χ0) is 11.7. The Bertz CT molecular complexity index is 383. The Labute approximate surface area is 103 Å². The Hall–Kier alpha value is -0.530. The molecule has 1 atom stereocenters. The average molecular weight is 238 g/mol. The summed E-state index contributed by atoms with van der Waals surface area (Å²) in [6.45, 7) is 7.43. The van der Waals surface area contributed by atoms with Crippen LogP contribution in [0.2, 0.25) is 5.02 Å². The lowest BCUT2D eigenvalue weighted by Crippen LogP contribution is -2.23. The number of aryl methyl sites for hydroxylation is 2. The molecule has 0 saturated heterocycles. The SMILES string of the molecule is CCNC(c1cc(C)c(C)cc1Cl)C1CC1. The van der Waals surface area contributed by atoms with Crippen molar-refractivity contribution in [3.05, 3.63) is 33.8 Å². The molecule has 0 amide bonds. The maximum absolute atomic E-state index is 6.36. The van der Waals surface area contributed by atoms with Crippen LogP contribution in [0.5, 0.6) is 0 Å². The van der Waals surface area contributed by atoms with Crippen molar-refractivity contribution in [2.24, 2.45) is 5.92 Å². The van der Waals surface area contributed by atoms with E-state index in [1.54, 1.807) is 0 Å². The molecule has 1 unspecified atom stereocenters. The molecule has 0 aromatic heterocycles. The molecule has 1 aliphatic carbocycles. The summed E-state index contributed by atoms with van der Waals surface area (Å²) in [5.41, 5.74) is 3.90. The van der Waals surface area contributed by atoms with Gasteiger partial charge in [-0.1, -0.05) is 24.6 Å². The summed E-state index contributed by atoms with van der Waals surface area (Å²) in [7, 11) is 0. The van der Waals surface area contributed by atoms with Crippen molar-refractivity contribution in [1.82, 2.24) is 5.32 Å². The molecular formula is C14H20ClN. The third kappa shape index (κ3) is 2.41. The van der Waals surface area contributed by atoms with Crippen LogP contribution in [0.4, 0.5) is 0 Å². The van der Waals surface area contributed by atoms with E-state index < -0.39 is 0 Å². The fourth-order valence-corrected chi connectivity index (χ4v) is 2.56. The van der Waals surface area contributed by atoms with E-state index >= 15 is 0 Å². The molecule has 0 radical (unpaired) electrons. The molecule has 2 rings (SSSR count). The molecule has 88 valence electrons. The van der Waals surface area contributed by atoms with Crippen LogP contribution in [0.25, 0.3) is 0 Å². The number of nitrogens with one attached hydrogen (secondary N) is 1. The number of rotatable bonds is 4. The molecule has 1 aromatic carbocycles. The zero-order valence-corrected chi connectivity index (χ0v) is 11.1. The fraction of sp³-hybridized carbons (Fsp3) is 0.571. The lowest BCUT2D eigenvalue weighted by atomic mass is 9.98. The molecule has 1 saturated carbocycles. The summed E-state index contributed by atoms with van der Waals surface area (Å²) in [5, 5.41) is 4.48. The van der Waals surface area contributed by atoms with E-state index in [1.165, 1.54) is 29.5 Å². The number of hydrogen-bond donors (Lipinski definition) is 1. The largest absolute Gasteiger partial charge is 0.310 e. The molecule has 1 fully saturated rings. The van der Waals surface area contributed by atoms with Gasteiger partial charge in [0.15, 0.2) is 0 Å². The third-order valence-corrected chi connectivity index (χ3v) is 3.79. The molecular weight excluding hydrogens is 218 g/mol. The predicted molar refractivity (Wildman–Crippen MR) is 70.1 cm³/mol. The Morgan fingerprint density at radius 2 is 1.94 bits per heavy atom. The van der Waals surface area contributed by atoms with E-state index in [0.29, 0.717) is 6.04 Å². The smallest absolute Gasteiger partial charge is 0.0456 e. The predicted octanol–water partition coefficient (Wildman–Crippen LogP) is 4.02. The highest BCUT2D eigenvalue weighted by molar-refractivity contribution is 6.31. The Balaban J connectivity index is 2.32. The molecule has 1 aliphatic rings. The quantitative estimate of drug-likeness (QED) is 0.834. The van der Waals surface area contributed by atoms with Gasteiger partial charge in [0.1, 0.15) is 0 Å². The van der Waals surface area contributed by atoms with Gasteiger partial charge in [0.05, 0.1) is 0 Å². The monoisotopic (exact) mass is 237 g/mol. The highest BCUT2D eigenvalue weighted by Crippen LogP contribution is 2.43. The van der Waals surface area contributed by atoms with E-state index in [4.69, 9.17) is 11.6 Å². The first-order chi connectivity index (χ1) is 7.63. The summed E-state index contributed by atoms with van der Waals surface area (Å²) in [5.74, 6) is 0.791. The van der Waals surface area contributed by atoms with Crippen LogP contribution >= 0.6 is 11.6 Å². The van der Waals surface area contributed by atoms with Crippen molar-refractivity contribution >= 4 is 11.6 Å². The van der Waals surface area contributed by atoms with Gasteiger partial charge in [-0.15, -0.1) is 0 Å². The van der Waals surface area contributed by atoms with Crippen molar-refractivity contribution in [3.8, 4) is 0 Å². The number of hydrogen-bond acceptors (Lipinski definition) is 1. The average Bonchev–Trinajstić information content (AvgIpc) is 3.04. The Morgan fingerprint density at radius 1 is 1.31 bits per heavy atom. The highest BCUT2D eigenvalue weighted by atomic mass is 35.5. The van der Waals surface area contributed by atoms with Gasteiger partial charge in [-0.25, -0.2) is 0 Å². The number of halogens is 1. The van der Waals surface area contributed by atoms with Gasteiger partial charge in [0.25, 0.3) is 0 Å². The standard InChI is InChI=1S/C14H20ClN/c1-4-16-14(11-5-6-11)12-7-9(2)10(3)8-13(12)15/h7-8,11,14,16H,4-6H2,1-3H3. The minimum Gasteiger partial charge on any atom is -0.310 e. The second-order valence-corrected chi connectivity index (χ2v) is 5.24. The molecule has 1 N–H and O–H groups in total. The summed E-state index contributed by atoms with van der Waals surface area (Å²) in [6.07, 6.45) is 2.67. The molecule has 16 heavy (non-hydrogen) atoms. The van der Waals surface area contributed by atoms with Crippen LogP contribution in [0.1, 0.15) is 42.5 Å². The van der Waals surface area contributed by atoms with Gasteiger partial charge >= 0.3 is 0 Å². The molecule has 0 spiro atoms. The maximum Gasteiger partial charge on any atom is 0.0456 e. The number of benzene rings is 1. The van der Waals surface area contributed by atoms with E-state index in [-0.39, 0.29) is 0 Å². The van der Waals surface area contributed by atoms with E-state index in [1.807, 2.05) is 0 Å². The topological polar surface area (TPSA) is 12.0 Å². The van der Waals surface area contributed by atoms with Crippen LogP contribution < -0.4 is 5.32 Å². The van der Waals surface area contributed by atoms with Crippen LogP contribution in [0, 0.1) is 19.8 Å². The first-order valence-electron chi connectivity index (χ1n) is 6.13. The van der Waals surface area contributed by atoms with Crippen molar-refractivity contribution in [2.75, 3.05) is 6.54 Å². The molecule has 1 nitrogen and oxygen atoms in total. The third-order valence-electron chi connectivity index (χ3n) is 3.47.